The first kappa shape index (κ1) is 16.1. The van der Waals surface area contributed by atoms with Crippen LogP contribution in [-0.4, -0.2) is 5.75 Å². The molecule has 0 spiro atoms. The third kappa shape index (κ3) is 4.62. The van der Waals surface area contributed by atoms with Gasteiger partial charge in [0.05, 0.1) is 0 Å². The van der Waals surface area contributed by atoms with Crippen LogP contribution in [0.25, 0.3) is 0 Å². The summed E-state index contributed by atoms with van der Waals surface area (Å²) in [6.45, 7) is 8.69. The van der Waals surface area contributed by atoms with Gasteiger partial charge in [-0.1, -0.05) is 55.3 Å². The fraction of sp³-hybridized carbons (Fsp3) is 0.368. The molecule has 2 heteroatoms. The monoisotopic (exact) mass is 299 g/mol. The molecule has 0 heterocycles. The number of rotatable bonds is 5. The van der Waals surface area contributed by atoms with E-state index in [1.54, 1.807) is 0 Å². The molecule has 2 aromatic carbocycles. The zero-order chi connectivity index (χ0) is 15.4. The van der Waals surface area contributed by atoms with E-state index in [0.717, 1.165) is 5.75 Å². The minimum absolute atomic E-state index is 0.0818. The van der Waals surface area contributed by atoms with Crippen LogP contribution in [0.5, 0.6) is 0 Å². The summed E-state index contributed by atoms with van der Waals surface area (Å²) >= 11 is 1.83. The standard InChI is InChI=1S/C19H25NS/c1-13(2)16-5-7-18(8-6-16)21-12-19(20)17-10-14(3)9-15(4)11-17/h5-11,13,19H,12,20H2,1-4H3. The highest BCUT2D eigenvalue weighted by atomic mass is 32.2. The van der Waals surface area contributed by atoms with E-state index in [-0.39, 0.29) is 6.04 Å². The lowest BCUT2D eigenvalue weighted by Gasteiger charge is -2.14. The quantitative estimate of drug-likeness (QED) is 0.766. The lowest BCUT2D eigenvalue weighted by Crippen LogP contribution is -2.13. The average Bonchev–Trinajstić information content (AvgIpc) is 2.44. The van der Waals surface area contributed by atoms with Crippen LogP contribution in [0.1, 0.15) is 48.1 Å². The number of benzene rings is 2. The lowest BCUT2D eigenvalue weighted by atomic mass is 10.0. The topological polar surface area (TPSA) is 26.0 Å². The minimum atomic E-state index is 0.0818. The maximum absolute atomic E-state index is 6.34. The summed E-state index contributed by atoms with van der Waals surface area (Å²) in [6.07, 6.45) is 0. The molecule has 0 radical (unpaired) electrons. The van der Waals surface area contributed by atoms with Gasteiger partial charge >= 0.3 is 0 Å². The predicted octanol–water partition coefficient (Wildman–Crippen LogP) is 5.22. The van der Waals surface area contributed by atoms with E-state index in [9.17, 15) is 0 Å². The Kier molecular flexibility index (Phi) is 5.49. The molecule has 2 N–H and O–H groups in total. The first-order chi connectivity index (χ1) is 9.95. The normalized spacial score (nSPS) is 12.7. The molecule has 0 bridgehead atoms. The van der Waals surface area contributed by atoms with Gasteiger partial charge in [0.15, 0.2) is 0 Å². The number of aryl methyl sites for hydroxylation is 2. The van der Waals surface area contributed by atoms with Crippen molar-refractivity contribution in [1.82, 2.24) is 0 Å². The van der Waals surface area contributed by atoms with Gasteiger partial charge in [-0.05, 0) is 43.0 Å². The van der Waals surface area contributed by atoms with Crippen molar-refractivity contribution in [3.05, 3.63) is 64.7 Å². The Morgan fingerprint density at radius 3 is 2.00 bits per heavy atom. The molecule has 21 heavy (non-hydrogen) atoms. The SMILES string of the molecule is Cc1cc(C)cc(C(N)CSc2ccc(C(C)C)cc2)c1. The summed E-state index contributed by atoms with van der Waals surface area (Å²) in [5.74, 6) is 1.49. The van der Waals surface area contributed by atoms with Crippen molar-refractivity contribution >= 4 is 11.8 Å². The zero-order valence-electron chi connectivity index (χ0n) is 13.4. The Bertz CT molecular complexity index is 567. The van der Waals surface area contributed by atoms with Gasteiger partial charge in [0, 0.05) is 16.7 Å². The number of nitrogens with two attached hydrogens (primary N) is 1. The summed E-state index contributed by atoms with van der Waals surface area (Å²) in [4.78, 5) is 1.29. The Morgan fingerprint density at radius 1 is 0.905 bits per heavy atom. The van der Waals surface area contributed by atoms with Gasteiger partial charge in [-0.15, -0.1) is 11.8 Å². The van der Waals surface area contributed by atoms with Crippen LogP contribution in [0, 0.1) is 13.8 Å². The Balaban J connectivity index is 1.98. The van der Waals surface area contributed by atoms with Crippen LogP contribution in [0.15, 0.2) is 47.4 Å². The van der Waals surface area contributed by atoms with E-state index in [4.69, 9.17) is 5.73 Å². The first-order valence-corrected chi connectivity index (χ1v) is 8.51. The highest BCUT2D eigenvalue weighted by Gasteiger charge is 2.08. The van der Waals surface area contributed by atoms with Crippen molar-refractivity contribution in [2.75, 3.05) is 5.75 Å². The van der Waals surface area contributed by atoms with E-state index in [1.807, 2.05) is 11.8 Å². The van der Waals surface area contributed by atoms with Gasteiger partial charge < -0.3 is 5.73 Å². The van der Waals surface area contributed by atoms with Crippen molar-refractivity contribution in [1.29, 1.82) is 0 Å². The molecule has 0 aliphatic heterocycles. The molecule has 1 atom stereocenters. The molecule has 2 rings (SSSR count). The van der Waals surface area contributed by atoms with Gasteiger partial charge in [-0.25, -0.2) is 0 Å². The molecule has 0 aromatic heterocycles. The van der Waals surface area contributed by atoms with E-state index in [2.05, 4.69) is 70.2 Å². The summed E-state index contributed by atoms with van der Waals surface area (Å²) in [6, 6.07) is 15.5. The molecule has 0 amide bonds. The van der Waals surface area contributed by atoms with Crippen molar-refractivity contribution in [2.24, 2.45) is 5.73 Å². The summed E-state index contributed by atoms with van der Waals surface area (Å²) < 4.78 is 0. The van der Waals surface area contributed by atoms with Gasteiger partial charge in [-0.2, -0.15) is 0 Å². The Labute approximate surface area is 133 Å². The molecule has 2 aromatic rings. The maximum atomic E-state index is 6.34. The second-order valence-corrected chi connectivity index (χ2v) is 7.16. The first-order valence-electron chi connectivity index (χ1n) is 7.52. The van der Waals surface area contributed by atoms with Gasteiger partial charge in [0.2, 0.25) is 0 Å². The van der Waals surface area contributed by atoms with E-state index < -0.39 is 0 Å². The predicted molar refractivity (Wildman–Crippen MR) is 94.1 cm³/mol. The van der Waals surface area contributed by atoms with Gasteiger partial charge in [0.1, 0.15) is 0 Å². The molecular formula is C19H25NS. The van der Waals surface area contributed by atoms with E-state index in [0.29, 0.717) is 5.92 Å². The highest BCUT2D eigenvalue weighted by Crippen LogP contribution is 2.26. The smallest absolute Gasteiger partial charge is 0.0390 e. The third-order valence-corrected chi connectivity index (χ3v) is 4.78. The lowest BCUT2D eigenvalue weighted by molar-refractivity contribution is 0.828. The average molecular weight is 299 g/mol. The fourth-order valence-electron chi connectivity index (χ4n) is 2.46. The second kappa shape index (κ2) is 7.15. The van der Waals surface area contributed by atoms with Crippen LogP contribution in [0.3, 0.4) is 0 Å². The minimum Gasteiger partial charge on any atom is -0.323 e. The van der Waals surface area contributed by atoms with Crippen LogP contribution >= 0.6 is 11.8 Å². The van der Waals surface area contributed by atoms with Gasteiger partial charge in [-0.3, -0.25) is 0 Å². The summed E-state index contributed by atoms with van der Waals surface area (Å²) in [5, 5.41) is 0. The molecule has 1 unspecified atom stereocenters. The Morgan fingerprint density at radius 2 is 1.48 bits per heavy atom. The van der Waals surface area contributed by atoms with Crippen molar-refractivity contribution in [3.63, 3.8) is 0 Å². The van der Waals surface area contributed by atoms with Crippen LogP contribution in [-0.2, 0) is 0 Å². The molecule has 112 valence electrons. The molecule has 1 nitrogen and oxygen atoms in total. The fourth-order valence-corrected chi connectivity index (χ4v) is 3.35. The van der Waals surface area contributed by atoms with Crippen molar-refractivity contribution in [2.45, 2.75) is 44.6 Å². The van der Waals surface area contributed by atoms with E-state index in [1.165, 1.54) is 27.1 Å². The maximum Gasteiger partial charge on any atom is 0.0390 e. The number of hydrogen-bond acceptors (Lipinski definition) is 2. The molecule has 0 saturated heterocycles. The molecule has 0 aliphatic carbocycles. The summed E-state index contributed by atoms with van der Waals surface area (Å²) in [7, 11) is 0. The highest BCUT2D eigenvalue weighted by molar-refractivity contribution is 7.99. The largest absolute Gasteiger partial charge is 0.323 e. The van der Waals surface area contributed by atoms with Crippen molar-refractivity contribution < 1.29 is 0 Å². The van der Waals surface area contributed by atoms with Crippen LogP contribution in [0.4, 0.5) is 0 Å². The zero-order valence-corrected chi connectivity index (χ0v) is 14.2. The third-order valence-electron chi connectivity index (χ3n) is 3.65. The molecular weight excluding hydrogens is 274 g/mol. The van der Waals surface area contributed by atoms with Gasteiger partial charge in [0.25, 0.3) is 0 Å². The second-order valence-electron chi connectivity index (χ2n) is 6.06. The van der Waals surface area contributed by atoms with E-state index >= 15 is 0 Å². The van der Waals surface area contributed by atoms with Crippen LogP contribution in [0.2, 0.25) is 0 Å². The Hall–Kier alpha value is -1.25. The molecule has 0 saturated carbocycles. The molecule has 0 fully saturated rings. The van der Waals surface area contributed by atoms with Crippen LogP contribution < -0.4 is 5.73 Å². The van der Waals surface area contributed by atoms with Crippen molar-refractivity contribution in [3.8, 4) is 0 Å². The summed E-state index contributed by atoms with van der Waals surface area (Å²) in [5.41, 5.74) is 11.5. The number of hydrogen-bond donors (Lipinski definition) is 1. The number of thioether (sulfide) groups is 1. The molecule has 0 aliphatic rings.